The van der Waals surface area contributed by atoms with E-state index in [0.29, 0.717) is 0 Å². The molecular weight excluding hydrogens is 276 g/mol. The fourth-order valence-corrected chi connectivity index (χ4v) is 2.63. The molecule has 0 aromatic heterocycles. The predicted molar refractivity (Wildman–Crippen MR) is 86.1 cm³/mol. The van der Waals surface area contributed by atoms with Crippen molar-refractivity contribution in [3.8, 4) is 5.75 Å². The molecule has 1 aliphatic carbocycles. The van der Waals surface area contributed by atoms with Crippen LogP contribution in [0.15, 0.2) is 54.6 Å². The maximum atomic E-state index is 12.1. The van der Waals surface area contributed by atoms with Crippen LogP contribution in [0, 0.1) is 0 Å². The zero-order chi connectivity index (χ0) is 15.4. The molecule has 0 atom stereocenters. The molecule has 2 aromatic rings. The van der Waals surface area contributed by atoms with Crippen molar-refractivity contribution >= 4 is 11.6 Å². The van der Waals surface area contributed by atoms with Gasteiger partial charge in [0.05, 0.1) is 11.3 Å². The first-order chi connectivity index (χ1) is 10.8. The number of fused-ring (bicyclic) bond motifs is 1. The van der Waals surface area contributed by atoms with E-state index in [1.54, 1.807) is 18.2 Å². The standard InChI is InChI=1S/C18H18N2O2/c21-17-12-6-4-10-15(17)18(22)20-19-16-11-5-2-8-13-7-1-3-9-14(13)16/h1,3-4,6-7,9-12,19,21H,2,5,8H2,(H,20,22). The molecule has 0 radical (unpaired) electrons. The third kappa shape index (κ3) is 2.96. The van der Waals surface area contributed by atoms with Gasteiger partial charge in [-0.1, -0.05) is 42.5 Å². The zero-order valence-electron chi connectivity index (χ0n) is 12.2. The van der Waals surface area contributed by atoms with Crippen LogP contribution in [0.1, 0.15) is 34.3 Å². The Hall–Kier alpha value is -2.75. The minimum absolute atomic E-state index is 0.0305. The molecule has 4 nitrogen and oxygen atoms in total. The lowest BCUT2D eigenvalue weighted by molar-refractivity contribution is 0.0939. The van der Waals surface area contributed by atoms with Crippen molar-refractivity contribution in [1.29, 1.82) is 0 Å². The summed E-state index contributed by atoms with van der Waals surface area (Å²) in [7, 11) is 0. The molecule has 1 amide bonds. The molecule has 0 spiro atoms. The van der Waals surface area contributed by atoms with Gasteiger partial charge < -0.3 is 5.11 Å². The minimum Gasteiger partial charge on any atom is -0.507 e. The molecule has 0 heterocycles. The fraction of sp³-hybridized carbons (Fsp3) is 0.167. The summed E-state index contributed by atoms with van der Waals surface area (Å²) in [5, 5.41) is 9.72. The Morgan fingerprint density at radius 1 is 1.05 bits per heavy atom. The summed E-state index contributed by atoms with van der Waals surface area (Å²) in [5.74, 6) is -0.391. The van der Waals surface area contributed by atoms with Crippen molar-refractivity contribution in [3.63, 3.8) is 0 Å². The van der Waals surface area contributed by atoms with Gasteiger partial charge in [-0.15, -0.1) is 0 Å². The first kappa shape index (κ1) is 14.2. The molecule has 112 valence electrons. The van der Waals surface area contributed by atoms with E-state index < -0.39 is 0 Å². The van der Waals surface area contributed by atoms with Gasteiger partial charge in [0, 0.05) is 5.56 Å². The van der Waals surface area contributed by atoms with Crippen LogP contribution < -0.4 is 10.9 Å². The van der Waals surface area contributed by atoms with E-state index in [0.717, 1.165) is 30.5 Å². The third-order valence-electron chi connectivity index (χ3n) is 3.77. The number of nitrogens with one attached hydrogen (secondary N) is 2. The Labute approximate surface area is 129 Å². The molecule has 2 aromatic carbocycles. The van der Waals surface area contributed by atoms with Gasteiger partial charge in [0.25, 0.3) is 5.91 Å². The second-order valence-corrected chi connectivity index (χ2v) is 5.26. The monoisotopic (exact) mass is 294 g/mol. The topological polar surface area (TPSA) is 61.4 Å². The van der Waals surface area contributed by atoms with Crippen molar-refractivity contribution in [2.75, 3.05) is 0 Å². The molecule has 3 rings (SSSR count). The molecule has 0 unspecified atom stereocenters. The van der Waals surface area contributed by atoms with Gasteiger partial charge >= 0.3 is 0 Å². The molecule has 0 fully saturated rings. The summed E-state index contributed by atoms with van der Waals surface area (Å²) in [6.45, 7) is 0. The lowest BCUT2D eigenvalue weighted by Gasteiger charge is -2.14. The lowest BCUT2D eigenvalue weighted by atomic mass is 10.0. The number of aryl methyl sites for hydroxylation is 1. The maximum Gasteiger partial charge on any atom is 0.273 e. The Bertz CT molecular complexity index is 723. The normalized spacial score (nSPS) is 13.5. The van der Waals surface area contributed by atoms with E-state index in [2.05, 4.69) is 23.0 Å². The van der Waals surface area contributed by atoms with E-state index in [-0.39, 0.29) is 17.2 Å². The summed E-state index contributed by atoms with van der Waals surface area (Å²) in [6.07, 6.45) is 5.18. The molecule has 0 bridgehead atoms. The van der Waals surface area contributed by atoms with Crippen LogP contribution in [0.25, 0.3) is 5.70 Å². The minimum atomic E-state index is -0.360. The number of carbonyl (C=O) groups excluding carboxylic acids is 1. The lowest BCUT2D eigenvalue weighted by Crippen LogP contribution is -2.36. The van der Waals surface area contributed by atoms with Gasteiger partial charge in [0.15, 0.2) is 0 Å². The number of hydrazine groups is 1. The Balaban J connectivity index is 1.75. The highest BCUT2D eigenvalue weighted by Crippen LogP contribution is 2.23. The number of benzene rings is 2. The highest BCUT2D eigenvalue weighted by Gasteiger charge is 2.13. The molecule has 3 N–H and O–H groups in total. The van der Waals surface area contributed by atoms with Crippen molar-refractivity contribution in [1.82, 2.24) is 10.9 Å². The average Bonchev–Trinajstić information content (AvgIpc) is 2.75. The fourth-order valence-electron chi connectivity index (χ4n) is 2.63. The highest BCUT2D eigenvalue weighted by atomic mass is 16.3. The summed E-state index contributed by atoms with van der Waals surface area (Å²) in [5.41, 5.74) is 9.18. The molecule has 0 saturated heterocycles. The number of aromatic hydroxyl groups is 1. The Kier molecular flexibility index (Phi) is 4.10. The molecular formula is C18H18N2O2. The van der Waals surface area contributed by atoms with Crippen molar-refractivity contribution in [2.24, 2.45) is 0 Å². The summed E-state index contributed by atoms with van der Waals surface area (Å²) in [4.78, 5) is 12.1. The van der Waals surface area contributed by atoms with Crippen LogP contribution in [0.4, 0.5) is 0 Å². The summed E-state index contributed by atoms with van der Waals surface area (Å²) in [6, 6.07) is 14.7. The van der Waals surface area contributed by atoms with Gasteiger partial charge in [-0.3, -0.25) is 15.6 Å². The van der Waals surface area contributed by atoms with Crippen molar-refractivity contribution in [3.05, 3.63) is 71.3 Å². The number of hydrogen-bond acceptors (Lipinski definition) is 3. The van der Waals surface area contributed by atoms with E-state index in [4.69, 9.17) is 0 Å². The van der Waals surface area contributed by atoms with Gasteiger partial charge in [-0.25, -0.2) is 0 Å². The average molecular weight is 294 g/mol. The van der Waals surface area contributed by atoms with Crippen molar-refractivity contribution in [2.45, 2.75) is 19.3 Å². The second-order valence-electron chi connectivity index (χ2n) is 5.26. The van der Waals surface area contributed by atoms with E-state index in [1.807, 2.05) is 18.2 Å². The molecule has 22 heavy (non-hydrogen) atoms. The van der Waals surface area contributed by atoms with Crippen LogP contribution in [-0.2, 0) is 6.42 Å². The maximum absolute atomic E-state index is 12.1. The van der Waals surface area contributed by atoms with Crippen molar-refractivity contribution < 1.29 is 9.90 Å². The number of hydrogen-bond donors (Lipinski definition) is 3. The third-order valence-corrected chi connectivity index (χ3v) is 3.77. The molecule has 0 saturated carbocycles. The summed E-state index contributed by atoms with van der Waals surface area (Å²) >= 11 is 0. The van der Waals surface area contributed by atoms with E-state index >= 15 is 0 Å². The number of allylic oxidation sites excluding steroid dienone is 1. The Morgan fingerprint density at radius 2 is 1.82 bits per heavy atom. The van der Waals surface area contributed by atoms with Gasteiger partial charge in [-0.05, 0) is 37.0 Å². The first-order valence-corrected chi connectivity index (χ1v) is 7.38. The number of amides is 1. The number of phenolic OH excluding ortho intramolecular Hbond substituents is 1. The molecule has 4 heteroatoms. The second kappa shape index (κ2) is 6.35. The van der Waals surface area contributed by atoms with Gasteiger partial charge in [0.2, 0.25) is 0 Å². The van der Waals surface area contributed by atoms with Crippen LogP contribution in [-0.4, -0.2) is 11.0 Å². The van der Waals surface area contributed by atoms with E-state index in [9.17, 15) is 9.90 Å². The number of para-hydroxylation sites is 1. The zero-order valence-corrected chi connectivity index (χ0v) is 12.2. The van der Waals surface area contributed by atoms with Crippen LogP contribution >= 0.6 is 0 Å². The van der Waals surface area contributed by atoms with Crippen LogP contribution in [0.2, 0.25) is 0 Å². The first-order valence-electron chi connectivity index (χ1n) is 7.38. The van der Waals surface area contributed by atoms with E-state index in [1.165, 1.54) is 11.6 Å². The smallest absolute Gasteiger partial charge is 0.273 e. The van der Waals surface area contributed by atoms with Crippen LogP contribution in [0.3, 0.4) is 0 Å². The number of carbonyl (C=O) groups is 1. The quantitative estimate of drug-likeness (QED) is 0.763. The highest BCUT2D eigenvalue weighted by molar-refractivity contribution is 5.96. The Morgan fingerprint density at radius 3 is 2.68 bits per heavy atom. The molecule has 0 aliphatic heterocycles. The SMILES string of the molecule is O=C(NNC1=CCCCc2ccccc21)c1ccccc1O. The van der Waals surface area contributed by atoms with Gasteiger partial charge in [-0.2, -0.15) is 0 Å². The predicted octanol–water partition coefficient (Wildman–Crippen LogP) is 3.00. The summed E-state index contributed by atoms with van der Waals surface area (Å²) < 4.78 is 0. The number of phenols is 1. The molecule has 1 aliphatic rings. The van der Waals surface area contributed by atoms with Crippen LogP contribution in [0.5, 0.6) is 5.75 Å². The van der Waals surface area contributed by atoms with Gasteiger partial charge in [0.1, 0.15) is 5.75 Å². The largest absolute Gasteiger partial charge is 0.507 e. The number of rotatable bonds is 3.